The average molecular weight is 403 g/mol. The van der Waals surface area contributed by atoms with E-state index in [1.165, 1.54) is 0 Å². The first-order chi connectivity index (χ1) is 12.0. The third kappa shape index (κ3) is 6.46. The number of halogens is 3. The summed E-state index contributed by atoms with van der Waals surface area (Å²) in [6.07, 6.45) is 0. The number of hydrogen-bond donors (Lipinski definition) is 1. The predicted molar refractivity (Wildman–Crippen MR) is 96.7 cm³/mol. The van der Waals surface area contributed by atoms with Gasteiger partial charge in [0.1, 0.15) is 25.5 Å². The van der Waals surface area contributed by atoms with Gasteiger partial charge in [-0.1, -0.05) is 34.8 Å². The van der Waals surface area contributed by atoms with Gasteiger partial charge in [0.2, 0.25) is 0 Å². The minimum Gasteiger partial charge on any atom is -0.488 e. The van der Waals surface area contributed by atoms with E-state index in [4.69, 9.17) is 44.3 Å². The Balaban J connectivity index is 1.67. The molecule has 25 heavy (non-hydrogen) atoms. The van der Waals surface area contributed by atoms with E-state index in [2.05, 4.69) is 5.32 Å². The number of nitrogens with one attached hydrogen (secondary N) is 1. The van der Waals surface area contributed by atoms with Gasteiger partial charge in [0.05, 0.1) is 5.02 Å². The highest BCUT2D eigenvalue weighted by molar-refractivity contribution is 6.35. The quantitative estimate of drug-likeness (QED) is 0.561. The zero-order valence-electron chi connectivity index (χ0n) is 12.9. The smallest absolute Gasteiger partial charge is 0.325 e. The molecule has 0 unspecified atom stereocenters. The number of carbonyl (C=O) groups is 2. The van der Waals surface area contributed by atoms with E-state index >= 15 is 0 Å². The summed E-state index contributed by atoms with van der Waals surface area (Å²) in [6.45, 7) is -0.101. The molecule has 5 nitrogen and oxygen atoms in total. The maximum absolute atomic E-state index is 11.8. The van der Waals surface area contributed by atoms with Crippen LogP contribution in [0.5, 0.6) is 5.75 Å². The summed E-state index contributed by atoms with van der Waals surface area (Å²) in [5.74, 6) is -0.524. The highest BCUT2D eigenvalue weighted by atomic mass is 35.5. The van der Waals surface area contributed by atoms with Gasteiger partial charge in [-0.25, -0.2) is 0 Å². The lowest BCUT2D eigenvalue weighted by Crippen LogP contribution is -2.31. The van der Waals surface area contributed by atoms with E-state index in [-0.39, 0.29) is 19.8 Å². The maximum atomic E-state index is 11.8. The van der Waals surface area contributed by atoms with Gasteiger partial charge in [0.15, 0.2) is 0 Å². The fourth-order valence-corrected chi connectivity index (χ4v) is 2.40. The molecule has 0 aliphatic carbocycles. The van der Waals surface area contributed by atoms with Crippen molar-refractivity contribution in [3.8, 4) is 5.75 Å². The zero-order chi connectivity index (χ0) is 18.2. The van der Waals surface area contributed by atoms with E-state index in [9.17, 15) is 9.59 Å². The monoisotopic (exact) mass is 401 g/mol. The van der Waals surface area contributed by atoms with Crippen LogP contribution in [0.4, 0.5) is 0 Å². The molecule has 1 N–H and O–H groups in total. The molecule has 0 saturated carbocycles. The number of amides is 1. The van der Waals surface area contributed by atoms with Crippen LogP contribution in [0.1, 0.15) is 10.4 Å². The van der Waals surface area contributed by atoms with Crippen molar-refractivity contribution >= 4 is 46.7 Å². The van der Waals surface area contributed by atoms with Crippen LogP contribution >= 0.6 is 34.8 Å². The van der Waals surface area contributed by atoms with Gasteiger partial charge in [-0.05, 0) is 42.5 Å². The van der Waals surface area contributed by atoms with Crippen LogP contribution in [0, 0.1) is 0 Å². The summed E-state index contributed by atoms with van der Waals surface area (Å²) in [5.41, 5.74) is 0.401. The molecule has 0 heterocycles. The topological polar surface area (TPSA) is 64.6 Å². The normalized spacial score (nSPS) is 10.2. The third-order valence-electron chi connectivity index (χ3n) is 3.00. The summed E-state index contributed by atoms with van der Waals surface area (Å²) in [7, 11) is 0. The number of ether oxygens (including phenoxy) is 2. The minimum atomic E-state index is -0.576. The lowest BCUT2D eigenvalue weighted by molar-refractivity contribution is -0.143. The minimum absolute atomic E-state index is 0.0224. The standard InChI is InChI=1S/C17H14Cl3NO4/c18-12-3-1-11(2-4-12)17(23)21-10-16(22)25-8-7-24-15-6-5-13(19)9-14(15)20/h1-6,9H,7-8,10H2,(H,21,23). The van der Waals surface area contributed by atoms with Gasteiger partial charge in [-0.3, -0.25) is 9.59 Å². The van der Waals surface area contributed by atoms with E-state index in [0.717, 1.165) is 0 Å². The molecule has 0 atom stereocenters. The molecule has 1 amide bonds. The van der Waals surface area contributed by atoms with Gasteiger partial charge in [-0.2, -0.15) is 0 Å². The first-order valence-electron chi connectivity index (χ1n) is 7.23. The Morgan fingerprint density at radius 1 is 0.920 bits per heavy atom. The van der Waals surface area contributed by atoms with Crippen LogP contribution in [0.25, 0.3) is 0 Å². The Morgan fingerprint density at radius 3 is 2.28 bits per heavy atom. The molecule has 0 radical (unpaired) electrons. The zero-order valence-corrected chi connectivity index (χ0v) is 15.2. The van der Waals surface area contributed by atoms with Crippen molar-refractivity contribution in [1.29, 1.82) is 0 Å². The second-order valence-corrected chi connectivity index (χ2v) is 6.11. The summed E-state index contributed by atoms with van der Waals surface area (Å²) >= 11 is 17.5. The van der Waals surface area contributed by atoms with Crippen molar-refractivity contribution in [3.05, 3.63) is 63.1 Å². The van der Waals surface area contributed by atoms with Gasteiger partial charge < -0.3 is 14.8 Å². The van der Waals surface area contributed by atoms with Crippen LogP contribution < -0.4 is 10.1 Å². The average Bonchev–Trinajstić information content (AvgIpc) is 2.58. The molecule has 2 aromatic carbocycles. The van der Waals surface area contributed by atoms with E-state index in [1.807, 2.05) is 0 Å². The van der Waals surface area contributed by atoms with Gasteiger partial charge in [0, 0.05) is 15.6 Å². The second kappa shape index (κ2) is 9.51. The van der Waals surface area contributed by atoms with Gasteiger partial charge in [-0.15, -0.1) is 0 Å². The number of esters is 1. The highest BCUT2D eigenvalue weighted by Gasteiger charge is 2.09. The molecule has 132 valence electrons. The molecule has 0 aromatic heterocycles. The SMILES string of the molecule is O=C(CNC(=O)c1ccc(Cl)cc1)OCCOc1ccc(Cl)cc1Cl. The molecule has 0 aliphatic rings. The Morgan fingerprint density at radius 2 is 1.60 bits per heavy atom. The van der Waals surface area contributed by atoms with Gasteiger partial charge >= 0.3 is 5.97 Å². The molecule has 0 spiro atoms. The third-order valence-corrected chi connectivity index (χ3v) is 3.78. The summed E-state index contributed by atoms with van der Waals surface area (Å²) in [6, 6.07) is 11.1. The molecule has 2 aromatic rings. The number of benzene rings is 2. The summed E-state index contributed by atoms with van der Waals surface area (Å²) in [4.78, 5) is 23.4. The second-order valence-electron chi connectivity index (χ2n) is 4.83. The van der Waals surface area contributed by atoms with Crippen molar-refractivity contribution in [2.45, 2.75) is 0 Å². The van der Waals surface area contributed by atoms with Crippen LogP contribution in [-0.2, 0) is 9.53 Å². The van der Waals surface area contributed by atoms with E-state index in [1.54, 1.807) is 42.5 Å². The Kier molecular flexibility index (Phi) is 7.37. The molecule has 0 bridgehead atoms. The Hall–Kier alpha value is -1.95. The number of carbonyl (C=O) groups excluding carboxylic acids is 2. The first kappa shape index (κ1) is 19.4. The number of rotatable bonds is 7. The van der Waals surface area contributed by atoms with Crippen molar-refractivity contribution < 1.29 is 19.1 Å². The maximum Gasteiger partial charge on any atom is 0.325 e. The Bertz CT molecular complexity index is 750. The largest absolute Gasteiger partial charge is 0.488 e. The molecule has 8 heteroatoms. The lowest BCUT2D eigenvalue weighted by atomic mass is 10.2. The lowest BCUT2D eigenvalue weighted by Gasteiger charge is -2.09. The van der Waals surface area contributed by atoms with Gasteiger partial charge in [0.25, 0.3) is 5.91 Å². The van der Waals surface area contributed by atoms with Crippen LogP contribution in [-0.4, -0.2) is 31.6 Å². The summed E-state index contributed by atoms with van der Waals surface area (Å²) < 4.78 is 10.3. The van der Waals surface area contributed by atoms with Crippen LogP contribution in [0.3, 0.4) is 0 Å². The molecule has 0 aliphatic heterocycles. The van der Waals surface area contributed by atoms with E-state index < -0.39 is 11.9 Å². The fraction of sp³-hybridized carbons (Fsp3) is 0.176. The molecule has 2 rings (SSSR count). The van der Waals surface area contributed by atoms with Crippen molar-refractivity contribution in [1.82, 2.24) is 5.32 Å². The molecular weight excluding hydrogens is 389 g/mol. The van der Waals surface area contributed by atoms with Crippen molar-refractivity contribution in [3.63, 3.8) is 0 Å². The van der Waals surface area contributed by atoms with Crippen molar-refractivity contribution in [2.24, 2.45) is 0 Å². The Labute approximate surface area is 159 Å². The summed E-state index contributed by atoms with van der Waals surface area (Å²) in [5, 5.41) is 3.85. The first-order valence-corrected chi connectivity index (χ1v) is 8.36. The highest BCUT2D eigenvalue weighted by Crippen LogP contribution is 2.27. The predicted octanol–water partition coefficient (Wildman–Crippen LogP) is 4.00. The fourth-order valence-electron chi connectivity index (χ4n) is 1.81. The van der Waals surface area contributed by atoms with Crippen LogP contribution in [0.2, 0.25) is 15.1 Å². The number of hydrogen-bond acceptors (Lipinski definition) is 4. The van der Waals surface area contributed by atoms with Crippen LogP contribution in [0.15, 0.2) is 42.5 Å². The molecular formula is C17H14Cl3NO4. The van der Waals surface area contributed by atoms with Crippen molar-refractivity contribution in [2.75, 3.05) is 19.8 Å². The van der Waals surface area contributed by atoms with E-state index in [0.29, 0.717) is 26.4 Å². The molecule has 0 fully saturated rings. The molecule has 0 saturated heterocycles.